The van der Waals surface area contributed by atoms with Gasteiger partial charge in [-0.05, 0) is 25.5 Å². The van der Waals surface area contributed by atoms with Crippen molar-refractivity contribution in [2.45, 2.75) is 20.4 Å². The monoisotopic (exact) mass is 296 g/mol. The lowest BCUT2D eigenvalue weighted by atomic mass is 10.1. The van der Waals surface area contributed by atoms with Crippen LogP contribution in [0.5, 0.6) is 0 Å². The van der Waals surface area contributed by atoms with Gasteiger partial charge in [0, 0.05) is 10.6 Å². The van der Waals surface area contributed by atoms with Crippen molar-refractivity contribution in [1.82, 2.24) is 9.78 Å². The Hall–Kier alpha value is -1.52. The Bertz CT molecular complexity index is 646. The summed E-state index contributed by atoms with van der Waals surface area (Å²) < 4.78 is 1.81. The minimum absolute atomic E-state index is 0.00242. The highest BCUT2D eigenvalue weighted by Gasteiger charge is 2.11. The Labute approximate surface area is 121 Å². The molecule has 6 heteroatoms. The fourth-order valence-electron chi connectivity index (χ4n) is 1.83. The van der Waals surface area contributed by atoms with Crippen molar-refractivity contribution < 1.29 is 0 Å². The van der Waals surface area contributed by atoms with E-state index in [1.807, 2.05) is 24.6 Å². The molecule has 1 aromatic carbocycles. The minimum Gasteiger partial charge on any atom is -0.384 e. The van der Waals surface area contributed by atoms with Crippen LogP contribution in [0.15, 0.2) is 18.2 Å². The zero-order valence-corrected chi connectivity index (χ0v) is 12.2. The van der Waals surface area contributed by atoms with Gasteiger partial charge < -0.3 is 5.73 Å². The molecule has 19 heavy (non-hydrogen) atoms. The first kappa shape index (κ1) is 13.9. The van der Waals surface area contributed by atoms with Gasteiger partial charge in [0.1, 0.15) is 5.84 Å². The lowest BCUT2D eigenvalue weighted by Gasteiger charge is -2.08. The number of nitrogens with one attached hydrogen (secondary N) is 1. The second kappa shape index (κ2) is 5.23. The summed E-state index contributed by atoms with van der Waals surface area (Å²) in [7, 11) is 0. The van der Waals surface area contributed by atoms with Crippen molar-refractivity contribution in [2.24, 2.45) is 5.73 Å². The van der Waals surface area contributed by atoms with Gasteiger partial charge in [0.25, 0.3) is 0 Å². The number of aryl methyl sites for hydroxylation is 1. The van der Waals surface area contributed by atoms with E-state index in [4.69, 9.17) is 34.3 Å². The number of hydrogen-bond acceptors (Lipinski definition) is 2. The summed E-state index contributed by atoms with van der Waals surface area (Å²) in [6, 6.07) is 5.31. The number of nitrogen functional groups attached to an aromatic ring is 1. The summed E-state index contributed by atoms with van der Waals surface area (Å²) in [5.41, 5.74) is 8.65. The molecule has 1 aromatic heterocycles. The van der Waals surface area contributed by atoms with Gasteiger partial charge in [0.2, 0.25) is 0 Å². The first-order valence-electron chi connectivity index (χ1n) is 5.72. The molecule has 0 aliphatic carbocycles. The normalized spacial score (nSPS) is 10.7. The van der Waals surface area contributed by atoms with Gasteiger partial charge >= 0.3 is 0 Å². The van der Waals surface area contributed by atoms with Crippen molar-refractivity contribution in [1.29, 1.82) is 5.41 Å². The minimum atomic E-state index is 0.00242. The number of rotatable bonds is 3. The van der Waals surface area contributed by atoms with Crippen LogP contribution in [0.3, 0.4) is 0 Å². The standard InChI is InChI=1S/C13H14Cl2N4/c1-7-12(15)8(2)19(18-7)6-10-4-3-9(13(16)17)5-11(10)14/h3-5H,6H2,1-2H3,(H3,16,17). The van der Waals surface area contributed by atoms with Crippen LogP contribution in [-0.4, -0.2) is 15.6 Å². The van der Waals surface area contributed by atoms with Gasteiger partial charge in [0.05, 0.1) is 23.0 Å². The van der Waals surface area contributed by atoms with E-state index < -0.39 is 0 Å². The number of aromatic nitrogens is 2. The molecular formula is C13H14Cl2N4. The van der Waals surface area contributed by atoms with Gasteiger partial charge in [-0.1, -0.05) is 35.3 Å². The highest BCUT2D eigenvalue weighted by Crippen LogP contribution is 2.23. The maximum atomic E-state index is 7.37. The smallest absolute Gasteiger partial charge is 0.122 e. The fraction of sp³-hybridized carbons (Fsp3) is 0.231. The lowest BCUT2D eigenvalue weighted by Crippen LogP contribution is -2.11. The highest BCUT2D eigenvalue weighted by atomic mass is 35.5. The first-order chi connectivity index (χ1) is 8.90. The molecule has 0 fully saturated rings. The molecule has 0 aliphatic rings. The summed E-state index contributed by atoms with van der Waals surface area (Å²) in [6.45, 7) is 4.32. The number of hydrogen-bond donors (Lipinski definition) is 2. The van der Waals surface area contributed by atoms with E-state index in [1.54, 1.807) is 12.1 Å². The third-order valence-electron chi connectivity index (χ3n) is 2.98. The average molecular weight is 297 g/mol. The molecule has 3 N–H and O–H groups in total. The number of nitrogens with two attached hydrogens (primary N) is 1. The van der Waals surface area contributed by atoms with E-state index in [2.05, 4.69) is 5.10 Å². The topological polar surface area (TPSA) is 67.7 Å². The molecule has 0 spiro atoms. The third-order valence-corrected chi connectivity index (χ3v) is 3.88. The van der Waals surface area contributed by atoms with E-state index in [9.17, 15) is 0 Å². The largest absolute Gasteiger partial charge is 0.384 e. The second-order valence-corrected chi connectivity index (χ2v) is 5.15. The van der Waals surface area contributed by atoms with Crippen LogP contribution in [0, 0.1) is 19.3 Å². The van der Waals surface area contributed by atoms with Gasteiger partial charge in [-0.2, -0.15) is 5.10 Å². The molecule has 0 amide bonds. The summed E-state index contributed by atoms with van der Waals surface area (Å²) in [5, 5.41) is 13.0. The Kier molecular flexibility index (Phi) is 3.83. The highest BCUT2D eigenvalue weighted by molar-refractivity contribution is 6.32. The molecule has 0 saturated carbocycles. The molecule has 0 unspecified atom stereocenters. The molecule has 0 bridgehead atoms. The molecule has 0 radical (unpaired) electrons. The van der Waals surface area contributed by atoms with Crippen molar-refractivity contribution in [2.75, 3.05) is 0 Å². The van der Waals surface area contributed by atoms with Gasteiger partial charge in [-0.25, -0.2) is 0 Å². The van der Waals surface area contributed by atoms with Crippen molar-refractivity contribution in [3.05, 3.63) is 50.8 Å². The quantitative estimate of drug-likeness (QED) is 0.675. The molecule has 100 valence electrons. The average Bonchev–Trinajstić information content (AvgIpc) is 2.59. The summed E-state index contributed by atoms with van der Waals surface area (Å²) in [5.74, 6) is 0.00242. The summed E-state index contributed by atoms with van der Waals surface area (Å²) in [4.78, 5) is 0. The van der Waals surface area contributed by atoms with Gasteiger partial charge in [-0.15, -0.1) is 0 Å². The molecule has 1 heterocycles. The summed E-state index contributed by atoms with van der Waals surface area (Å²) >= 11 is 12.3. The van der Waals surface area contributed by atoms with E-state index in [1.165, 1.54) is 0 Å². The number of benzene rings is 1. The van der Waals surface area contributed by atoms with Crippen LogP contribution < -0.4 is 5.73 Å². The van der Waals surface area contributed by atoms with Crippen LogP contribution in [0.1, 0.15) is 22.5 Å². The molecule has 0 atom stereocenters. The summed E-state index contributed by atoms with van der Waals surface area (Å²) in [6.07, 6.45) is 0. The first-order valence-corrected chi connectivity index (χ1v) is 6.48. The zero-order valence-electron chi connectivity index (χ0n) is 10.7. The fourth-order valence-corrected chi connectivity index (χ4v) is 2.21. The number of amidine groups is 1. The number of halogens is 2. The van der Waals surface area contributed by atoms with E-state index in [-0.39, 0.29) is 5.84 Å². The predicted molar refractivity (Wildman–Crippen MR) is 78.3 cm³/mol. The molecular weight excluding hydrogens is 283 g/mol. The van der Waals surface area contributed by atoms with Crippen LogP contribution >= 0.6 is 23.2 Å². The Morgan fingerprint density at radius 3 is 2.53 bits per heavy atom. The maximum Gasteiger partial charge on any atom is 0.122 e. The second-order valence-electron chi connectivity index (χ2n) is 4.36. The Balaban J connectivity index is 2.33. The Morgan fingerprint density at radius 1 is 1.37 bits per heavy atom. The van der Waals surface area contributed by atoms with Crippen LogP contribution in [0.25, 0.3) is 0 Å². The van der Waals surface area contributed by atoms with Crippen LogP contribution in [0.4, 0.5) is 0 Å². The molecule has 2 rings (SSSR count). The molecule has 4 nitrogen and oxygen atoms in total. The zero-order chi connectivity index (χ0) is 14.2. The Morgan fingerprint density at radius 2 is 2.05 bits per heavy atom. The number of nitrogens with zero attached hydrogens (tertiary/aromatic N) is 2. The van der Waals surface area contributed by atoms with Gasteiger partial charge in [0.15, 0.2) is 0 Å². The van der Waals surface area contributed by atoms with Crippen molar-refractivity contribution in [3.63, 3.8) is 0 Å². The lowest BCUT2D eigenvalue weighted by molar-refractivity contribution is 0.659. The van der Waals surface area contributed by atoms with Crippen molar-refractivity contribution in [3.8, 4) is 0 Å². The SMILES string of the molecule is Cc1nn(Cc2ccc(C(=N)N)cc2Cl)c(C)c1Cl. The van der Waals surface area contributed by atoms with E-state index in [0.717, 1.165) is 17.0 Å². The molecule has 0 saturated heterocycles. The van der Waals surface area contributed by atoms with Crippen LogP contribution in [-0.2, 0) is 6.54 Å². The van der Waals surface area contributed by atoms with Crippen molar-refractivity contribution >= 4 is 29.0 Å². The molecule has 0 aliphatic heterocycles. The van der Waals surface area contributed by atoms with Crippen LogP contribution in [0.2, 0.25) is 10.0 Å². The molecule has 2 aromatic rings. The van der Waals surface area contributed by atoms with E-state index in [0.29, 0.717) is 22.2 Å². The maximum absolute atomic E-state index is 7.37. The predicted octanol–water partition coefficient (Wildman–Crippen LogP) is 3.14. The third kappa shape index (κ3) is 2.74. The van der Waals surface area contributed by atoms with E-state index >= 15 is 0 Å². The van der Waals surface area contributed by atoms with Gasteiger partial charge in [-0.3, -0.25) is 10.1 Å².